The lowest BCUT2D eigenvalue weighted by Gasteiger charge is -2.37. The number of rotatable bonds is 4. The van der Waals surface area contributed by atoms with Crippen LogP contribution in [0.25, 0.3) is 0 Å². The molecule has 0 aromatic heterocycles. The van der Waals surface area contributed by atoms with Gasteiger partial charge >= 0.3 is 11.9 Å². The molecule has 1 saturated carbocycles. The van der Waals surface area contributed by atoms with Gasteiger partial charge in [0.15, 0.2) is 10.8 Å². The van der Waals surface area contributed by atoms with Crippen molar-refractivity contribution in [2.75, 3.05) is 13.2 Å². The zero-order chi connectivity index (χ0) is 18.1. The second-order valence-electron chi connectivity index (χ2n) is 6.08. The molecule has 0 aromatic carbocycles. The third-order valence-corrected chi connectivity index (χ3v) is 4.85. The predicted octanol–water partition coefficient (Wildman–Crippen LogP) is 2.28. The number of fused-ring (bicyclic) bond motifs is 2. The van der Waals surface area contributed by atoms with Crippen LogP contribution >= 0.6 is 0 Å². The Kier molecular flexibility index (Phi) is 4.53. The Morgan fingerprint density at radius 2 is 1.38 bits per heavy atom. The topological polar surface area (TPSA) is 100 Å². The lowest BCUT2D eigenvalue weighted by Crippen LogP contribution is -2.55. The normalized spacial score (nSPS) is 32.8. The maximum Gasteiger partial charge on any atom is 0.329 e. The quantitative estimate of drug-likeness (QED) is 0.580. The van der Waals surface area contributed by atoms with E-state index in [0.29, 0.717) is 0 Å². The molecule has 0 N–H and O–H groups in total. The molecular weight excluding hydrogens is 308 g/mol. The van der Waals surface area contributed by atoms with E-state index >= 15 is 0 Å². The van der Waals surface area contributed by atoms with Crippen LogP contribution in [0.2, 0.25) is 0 Å². The SMILES string of the molecule is CCOC(=O)C1(C#N)[C@@H]2C=C[C@@H](C2=C(C)C)C1(C#N)C(=O)OCC. The van der Waals surface area contributed by atoms with Crippen molar-refractivity contribution in [3.8, 4) is 12.1 Å². The van der Waals surface area contributed by atoms with Crippen LogP contribution in [0.15, 0.2) is 23.3 Å². The van der Waals surface area contributed by atoms with Crippen molar-refractivity contribution in [2.24, 2.45) is 22.7 Å². The van der Waals surface area contributed by atoms with Crippen LogP contribution in [0.4, 0.5) is 0 Å². The van der Waals surface area contributed by atoms with E-state index < -0.39 is 34.6 Å². The molecule has 1 fully saturated rings. The van der Waals surface area contributed by atoms with Crippen molar-refractivity contribution in [2.45, 2.75) is 27.7 Å². The fourth-order valence-corrected chi connectivity index (χ4v) is 3.96. The summed E-state index contributed by atoms with van der Waals surface area (Å²) in [6, 6.07) is 3.95. The third-order valence-electron chi connectivity index (χ3n) is 4.85. The maximum absolute atomic E-state index is 12.8. The molecule has 4 atom stereocenters. The lowest BCUT2D eigenvalue weighted by molar-refractivity contribution is -0.172. The Labute approximate surface area is 141 Å². The minimum atomic E-state index is -1.93. The Balaban J connectivity index is 2.83. The number of hydrogen-bond donors (Lipinski definition) is 0. The second-order valence-corrected chi connectivity index (χ2v) is 6.08. The molecule has 0 aliphatic heterocycles. The third kappa shape index (κ3) is 1.86. The summed E-state index contributed by atoms with van der Waals surface area (Å²) < 4.78 is 10.2. The van der Waals surface area contributed by atoms with Gasteiger partial charge in [-0.2, -0.15) is 10.5 Å². The highest BCUT2D eigenvalue weighted by Gasteiger charge is 2.78. The van der Waals surface area contributed by atoms with E-state index in [1.807, 2.05) is 26.0 Å². The molecule has 0 heterocycles. The summed E-state index contributed by atoms with van der Waals surface area (Å²) in [4.78, 5) is 25.6. The Morgan fingerprint density at radius 3 is 1.62 bits per heavy atom. The van der Waals surface area contributed by atoms with Crippen molar-refractivity contribution in [1.82, 2.24) is 0 Å². The summed E-state index contributed by atoms with van der Waals surface area (Å²) in [6.45, 7) is 7.02. The predicted molar refractivity (Wildman–Crippen MR) is 83.9 cm³/mol. The zero-order valence-corrected chi connectivity index (χ0v) is 14.3. The van der Waals surface area contributed by atoms with Crippen LogP contribution in [0.5, 0.6) is 0 Å². The molecule has 2 aliphatic rings. The summed E-state index contributed by atoms with van der Waals surface area (Å²) in [6.07, 6.45) is 3.45. The molecule has 0 amide bonds. The number of ether oxygens (including phenoxy) is 2. The van der Waals surface area contributed by atoms with Crippen LogP contribution in [0, 0.1) is 45.3 Å². The molecular formula is C18H20N2O4. The minimum absolute atomic E-state index is 0.0534. The van der Waals surface area contributed by atoms with Gasteiger partial charge in [-0.05, 0) is 27.7 Å². The van der Waals surface area contributed by atoms with E-state index in [2.05, 4.69) is 0 Å². The minimum Gasteiger partial charge on any atom is -0.465 e. The molecule has 0 radical (unpaired) electrons. The number of carbonyl (C=O) groups is 2. The highest BCUT2D eigenvalue weighted by atomic mass is 16.5. The summed E-state index contributed by atoms with van der Waals surface area (Å²) in [5.74, 6) is -3.03. The van der Waals surface area contributed by atoms with Gasteiger partial charge in [-0.15, -0.1) is 0 Å². The number of nitrogens with zero attached hydrogens (tertiary/aromatic N) is 2. The van der Waals surface area contributed by atoms with Gasteiger partial charge in [0.2, 0.25) is 0 Å². The Hall–Kier alpha value is -2.60. The smallest absolute Gasteiger partial charge is 0.329 e. The van der Waals surface area contributed by atoms with Gasteiger partial charge in [0.1, 0.15) is 0 Å². The molecule has 2 rings (SSSR count). The lowest BCUT2D eigenvalue weighted by atomic mass is 9.59. The summed E-state index contributed by atoms with van der Waals surface area (Å²) in [5, 5.41) is 19.9. The van der Waals surface area contributed by atoms with Crippen molar-refractivity contribution >= 4 is 11.9 Å². The molecule has 0 spiro atoms. The van der Waals surface area contributed by atoms with Gasteiger partial charge in [-0.3, -0.25) is 9.59 Å². The number of esters is 2. The van der Waals surface area contributed by atoms with Crippen molar-refractivity contribution in [1.29, 1.82) is 10.5 Å². The maximum atomic E-state index is 12.8. The first-order valence-corrected chi connectivity index (χ1v) is 7.91. The highest BCUT2D eigenvalue weighted by Crippen LogP contribution is 2.67. The molecule has 2 aliphatic carbocycles. The molecule has 24 heavy (non-hydrogen) atoms. The van der Waals surface area contributed by atoms with E-state index in [1.54, 1.807) is 26.0 Å². The zero-order valence-electron chi connectivity index (χ0n) is 14.3. The fourth-order valence-electron chi connectivity index (χ4n) is 3.96. The molecule has 6 nitrogen and oxygen atoms in total. The standard InChI is InChI=1S/C18H20N2O4/c1-5-23-15(21)17(9-19)12-7-8-13(14(12)11(3)4)18(17,10-20)16(22)24-6-2/h7-8,12-13H,5-6H2,1-4H3/t12-,13+,17?,18?. The van der Waals surface area contributed by atoms with Crippen molar-refractivity contribution in [3.63, 3.8) is 0 Å². The number of carbonyl (C=O) groups excluding carboxylic acids is 2. The monoisotopic (exact) mass is 328 g/mol. The van der Waals surface area contributed by atoms with E-state index in [1.165, 1.54) is 0 Å². The van der Waals surface area contributed by atoms with E-state index in [-0.39, 0.29) is 13.2 Å². The Morgan fingerprint density at radius 1 is 1.00 bits per heavy atom. The van der Waals surface area contributed by atoms with Crippen molar-refractivity contribution in [3.05, 3.63) is 23.3 Å². The highest BCUT2D eigenvalue weighted by molar-refractivity contribution is 5.97. The van der Waals surface area contributed by atoms with Crippen LogP contribution in [-0.2, 0) is 19.1 Å². The number of nitriles is 2. The molecule has 6 heteroatoms. The van der Waals surface area contributed by atoms with Crippen LogP contribution in [0.1, 0.15) is 27.7 Å². The van der Waals surface area contributed by atoms with E-state index in [9.17, 15) is 20.1 Å². The number of allylic oxidation sites excluding steroid dienone is 4. The van der Waals surface area contributed by atoms with E-state index in [0.717, 1.165) is 11.1 Å². The summed E-state index contributed by atoms with van der Waals surface area (Å²) in [7, 11) is 0. The molecule has 0 aromatic rings. The van der Waals surface area contributed by atoms with Crippen LogP contribution in [-0.4, -0.2) is 25.2 Å². The van der Waals surface area contributed by atoms with Gasteiger partial charge in [0.05, 0.1) is 25.4 Å². The molecule has 2 unspecified atom stereocenters. The molecule has 126 valence electrons. The van der Waals surface area contributed by atoms with Gasteiger partial charge in [0, 0.05) is 11.8 Å². The fraction of sp³-hybridized carbons (Fsp3) is 0.556. The average molecular weight is 328 g/mol. The Bertz CT molecular complexity index is 666. The van der Waals surface area contributed by atoms with E-state index in [4.69, 9.17) is 9.47 Å². The number of hydrogen-bond acceptors (Lipinski definition) is 6. The average Bonchev–Trinajstić information content (AvgIpc) is 3.08. The van der Waals surface area contributed by atoms with Crippen LogP contribution < -0.4 is 0 Å². The first kappa shape index (κ1) is 17.7. The molecule has 2 bridgehead atoms. The van der Waals surface area contributed by atoms with Gasteiger partial charge < -0.3 is 9.47 Å². The summed E-state index contributed by atoms with van der Waals surface area (Å²) >= 11 is 0. The van der Waals surface area contributed by atoms with Crippen LogP contribution in [0.3, 0.4) is 0 Å². The summed E-state index contributed by atoms with van der Waals surface area (Å²) in [5.41, 5.74) is -2.24. The van der Waals surface area contributed by atoms with Crippen molar-refractivity contribution < 1.29 is 19.1 Å². The van der Waals surface area contributed by atoms with Gasteiger partial charge in [0.25, 0.3) is 0 Å². The second kappa shape index (κ2) is 6.13. The first-order chi connectivity index (χ1) is 11.4. The largest absolute Gasteiger partial charge is 0.465 e. The van der Waals surface area contributed by atoms with Gasteiger partial charge in [-0.1, -0.05) is 23.3 Å². The first-order valence-electron chi connectivity index (χ1n) is 7.91. The van der Waals surface area contributed by atoms with Gasteiger partial charge in [-0.25, -0.2) is 0 Å². The molecule has 0 saturated heterocycles.